The van der Waals surface area contributed by atoms with E-state index >= 15 is 0 Å². The second-order valence-electron chi connectivity index (χ2n) is 5.38. The molecule has 0 radical (unpaired) electrons. The van der Waals surface area contributed by atoms with Gasteiger partial charge in [0.2, 0.25) is 5.91 Å². The van der Waals surface area contributed by atoms with E-state index in [1.807, 2.05) is 37.3 Å². The molecule has 2 aromatic carbocycles. The van der Waals surface area contributed by atoms with E-state index in [1.165, 1.54) is 11.1 Å². The van der Waals surface area contributed by atoms with Crippen LogP contribution in [0.3, 0.4) is 0 Å². The maximum absolute atomic E-state index is 12.1. The van der Waals surface area contributed by atoms with E-state index in [0.717, 1.165) is 11.3 Å². The molecule has 0 saturated heterocycles. The van der Waals surface area contributed by atoms with E-state index in [4.69, 9.17) is 0 Å². The van der Waals surface area contributed by atoms with Gasteiger partial charge in [0.05, 0.1) is 0 Å². The molecule has 1 atom stereocenters. The van der Waals surface area contributed by atoms with Gasteiger partial charge in [-0.15, -0.1) is 0 Å². The molecule has 0 bridgehead atoms. The maximum atomic E-state index is 12.1. The standard InChI is InChI=1S/C18H21NO/c1-13-9-10-17(15(3)11-13)19-18(20)12-14(2)16-7-5-4-6-8-16/h4-11,14H,12H2,1-3H3,(H,19,20). The predicted molar refractivity (Wildman–Crippen MR) is 84.0 cm³/mol. The number of nitrogens with one attached hydrogen (secondary N) is 1. The summed E-state index contributed by atoms with van der Waals surface area (Å²) < 4.78 is 0. The van der Waals surface area contributed by atoms with Crippen LogP contribution in [0.1, 0.15) is 36.0 Å². The minimum atomic E-state index is 0.0632. The van der Waals surface area contributed by atoms with Crippen LogP contribution in [-0.4, -0.2) is 5.91 Å². The molecule has 0 aromatic heterocycles. The van der Waals surface area contributed by atoms with Gasteiger partial charge >= 0.3 is 0 Å². The molecule has 2 heteroatoms. The number of amides is 1. The first-order valence-electron chi connectivity index (χ1n) is 6.98. The van der Waals surface area contributed by atoms with E-state index < -0.39 is 0 Å². The number of rotatable bonds is 4. The fraction of sp³-hybridized carbons (Fsp3) is 0.278. The third kappa shape index (κ3) is 3.70. The number of carbonyl (C=O) groups excluding carboxylic acids is 1. The van der Waals surface area contributed by atoms with Crippen molar-refractivity contribution >= 4 is 11.6 Å². The van der Waals surface area contributed by atoms with Crippen molar-refractivity contribution in [2.75, 3.05) is 5.32 Å². The van der Waals surface area contributed by atoms with Crippen LogP contribution >= 0.6 is 0 Å². The van der Waals surface area contributed by atoms with Gasteiger partial charge in [-0.1, -0.05) is 55.0 Å². The molecule has 2 aromatic rings. The molecule has 20 heavy (non-hydrogen) atoms. The Bertz CT molecular complexity index is 590. The lowest BCUT2D eigenvalue weighted by molar-refractivity contribution is -0.116. The molecular formula is C18H21NO. The highest BCUT2D eigenvalue weighted by Crippen LogP contribution is 2.21. The largest absolute Gasteiger partial charge is 0.326 e. The topological polar surface area (TPSA) is 29.1 Å². The molecule has 0 aliphatic carbocycles. The first-order valence-corrected chi connectivity index (χ1v) is 6.98. The van der Waals surface area contributed by atoms with Crippen molar-refractivity contribution in [1.82, 2.24) is 0 Å². The van der Waals surface area contributed by atoms with Crippen molar-refractivity contribution in [2.24, 2.45) is 0 Å². The number of aryl methyl sites for hydroxylation is 2. The Labute approximate surface area is 120 Å². The molecule has 0 aliphatic rings. The fourth-order valence-corrected chi connectivity index (χ4v) is 2.33. The van der Waals surface area contributed by atoms with Crippen LogP contribution in [0.5, 0.6) is 0 Å². The molecule has 0 aliphatic heterocycles. The van der Waals surface area contributed by atoms with Crippen molar-refractivity contribution < 1.29 is 4.79 Å². The SMILES string of the molecule is Cc1ccc(NC(=O)CC(C)c2ccccc2)c(C)c1. The molecule has 1 unspecified atom stereocenters. The van der Waals surface area contributed by atoms with Crippen molar-refractivity contribution in [2.45, 2.75) is 33.1 Å². The first kappa shape index (κ1) is 14.3. The van der Waals surface area contributed by atoms with E-state index in [1.54, 1.807) is 0 Å². The van der Waals surface area contributed by atoms with Crippen molar-refractivity contribution in [1.29, 1.82) is 0 Å². The highest BCUT2D eigenvalue weighted by molar-refractivity contribution is 5.92. The average molecular weight is 267 g/mol. The van der Waals surface area contributed by atoms with Gasteiger partial charge in [0.25, 0.3) is 0 Å². The number of hydrogen-bond acceptors (Lipinski definition) is 1. The molecule has 1 amide bonds. The summed E-state index contributed by atoms with van der Waals surface area (Å²) in [6, 6.07) is 16.2. The Morgan fingerprint density at radius 1 is 1.10 bits per heavy atom. The summed E-state index contributed by atoms with van der Waals surface area (Å²) in [5.41, 5.74) is 4.41. The van der Waals surface area contributed by atoms with Gasteiger partial charge in [-0.3, -0.25) is 4.79 Å². The van der Waals surface area contributed by atoms with Crippen molar-refractivity contribution in [3.05, 3.63) is 65.2 Å². The summed E-state index contributed by atoms with van der Waals surface area (Å²) in [7, 11) is 0. The van der Waals surface area contributed by atoms with Gasteiger partial charge < -0.3 is 5.32 Å². The first-order chi connectivity index (χ1) is 9.56. The van der Waals surface area contributed by atoms with E-state index in [2.05, 4.69) is 37.4 Å². The zero-order valence-corrected chi connectivity index (χ0v) is 12.3. The monoisotopic (exact) mass is 267 g/mol. The van der Waals surface area contributed by atoms with Gasteiger partial charge in [0.15, 0.2) is 0 Å². The summed E-state index contributed by atoms with van der Waals surface area (Å²) in [6.45, 7) is 6.15. The Balaban J connectivity index is 1.99. The third-order valence-electron chi connectivity index (χ3n) is 3.52. The van der Waals surface area contributed by atoms with Crippen LogP contribution in [0.4, 0.5) is 5.69 Å². The lowest BCUT2D eigenvalue weighted by Gasteiger charge is -2.13. The second kappa shape index (κ2) is 6.38. The molecule has 0 saturated carbocycles. The fourth-order valence-electron chi connectivity index (χ4n) is 2.33. The minimum Gasteiger partial charge on any atom is -0.326 e. The number of carbonyl (C=O) groups is 1. The molecule has 1 N–H and O–H groups in total. The van der Waals surface area contributed by atoms with Crippen LogP contribution in [-0.2, 0) is 4.79 Å². The molecule has 2 nitrogen and oxygen atoms in total. The van der Waals surface area contributed by atoms with Gasteiger partial charge in [-0.2, -0.15) is 0 Å². The predicted octanol–water partition coefficient (Wildman–Crippen LogP) is 4.44. The van der Waals surface area contributed by atoms with Crippen molar-refractivity contribution in [3.63, 3.8) is 0 Å². The third-order valence-corrected chi connectivity index (χ3v) is 3.52. The van der Waals surface area contributed by atoms with Crippen LogP contribution in [0.2, 0.25) is 0 Å². The summed E-state index contributed by atoms with van der Waals surface area (Å²) in [4.78, 5) is 12.1. The quantitative estimate of drug-likeness (QED) is 0.872. The van der Waals surface area contributed by atoms with Crippen molar-refractivity contribution in [3.8, 4) is 0 Å². The maximum Gasteiger partial charge on any atom is 0.224 e. The summed E-state index contributed by atoms with van der Waals surface area (Å²) in [5.74, 6) is 0.287. The molecule has 0 spiro atoms. The highest BCUT2D eigenvalue weighted by atomic mass is 16.1. The minimum absolute atomic E-state index is 0.0632. The van der Waals surface area contributed by atoms with Crippen LogP contribution in [0.15, 0.2) is 48.5 Å². The van der Waals surface area contributed by atoms with Gasteiger partial charge in [-0.25, -0.2) is 0 Å². The molecule has 0 fully saturated rings. The molecule has 2 rings (SSSR count). The van der Waals surface area contributed by atoms with E-state index in [-0.39, 0.29) is 11.8 Å². The zero-order chi connectivity index (χ0) is 14.5. The summed E-state index contributed by atoms with van der Waals surface area (Å²) >= 11 is 0. The van der Waals surface area contributed by atoms with E-state index in [9.17, 15) is 4.79 Å². The van der Waals surface area contributed by atoms with Gasteiger partial charge in [-0.05, 0) is 37.0 Å². The molecule has 104 valence electrons. The number of benzene rings is 2. The number of hydrogen-bond donors (Lipinski definition) is 1. The Morgan fingerprint density at radius 2 is 1.80 bits per heavy atom. The molecular weight excluding hydrogens is 246 g/mol. The summed E-state index contributed by atoms with van der Waals surface area (Å²) in [6.07, 6.45) is 0.497. The Morgan fingerprint density at radius 3 is 2.45 bits per heavy atom. The number of anilines is 1. The van der Waals surface area contributed by atoms with Crippen LogP contribution in [0, 0.1) is 13.8 Å². The van der Waals surface area contributed by atoms with Crippen LogP contribution in [0.25, 0.3) is 0 Å². The average Bonchev–Trinajstić information content (AvgIpc) is 2.43. The highest BCUT2D eigenvalue weighted by Gasteiger charge is 2.11. The van der Waals surface area contributed by atoms with Gasteiger partial charge in [0, 0.05) is 12.1 Å². The van der Waals surface area contributed by atoms with Gasteiger partial charge in [0.1, 0.15) is 0 Å². The Hall–Kier alpha value is -2.09. The smallest absolute Gasteiger partial charge is 0.224 e. The normalized spacial score (nSPS) is 11.9. The Kier molecular flexibility index (Phi) is 4.57. The second-order valence-corrected chi connectivity index (χ2v) is 5.38. The zero-order valence-electron chi connectivity index (χ0n) is 12.3. The lowest BCUT2D eigenvalue weighted by Crippen LogP contribution is -2.15. The van der Waals surface area contributed by atoms with E-state index in [0.29, 0.717) is 6.42 Å². The van der Waals surface area contributed by atoms with Crippen LogP contribution < -0.4 is 5.32 Å². The summed E-state index contributed by atoms with van der Waals surface area (Å²) in [5, 5.41) is 3.00. The lowest BCUT2D eigenvalue weighted by atomic mass is 9.97. The molecule has 0 heterocycles.